The van der Waals surface area contributed by atoms with Crippen LogP contribution < -0.4 is 0 Å². The molecule has 0 saturated carbocycles. The monoisotopic (exact) mass is 321 g/mol. The molecule has 0 aromatic rings. The molecule has 12 heavy (non-hydrogen) atoms. The maximum absolute atomic E-state index is 11.6. The fraction of sp³-hybridized carbons (Fsp3) is 1.00. The topological polar surface area (TPSA) is 37.4 Å². The van der Waals surface area contributed by atoms with Crippen molar-refractivity contribution in [1.82, 2.24) is 4.31 Å². The Hall–Kier alpha value is 0.870. The lowest BCUT2D eigenvalue weighted by molar-refractivity contribution is 0.445. The fourth-order valence-corrected chi connectivity index (χ4v) is 3.74. The first-order valence-corrected chi connectivity index (χ1v) is 7.23. The predicted octanol–water partition coefficient (Wildman–Crippen LogP) is 1.77. The molecule has 74 valence electrons. The molecule has 0 heterocycles. The van der Waals surface area contributed by atoms with E-state index in [9.17, 15) is 8.42 Å². The standard InChI is InChI=1S/C6H13Br2NO2S/c1-3-9(4-2)12(10,11)6(8)5-7/h6H,3-5H2,1-2H3. The average molecular weight is 323 g/mol. The zero-order valence-corrected chi connectivity index (χ0v) is 11.1. The second-order valence-electron chi connectivity index (χ2n) is 2.19. The Balaban J connectivity index is 4.58. The fourth-order valence-electron chi connectivity index (χ4n) is 0.825. The number of hydrogen-bond acceptors (Lipinski definition) is 2. The number of alkyl halides is 2. The van der Waals surface area contributed by atoms with Crippen molar-refractivity contribution in [3.63, 3.8) is 0 Å². The van der Waals surface area contributed by atoms with Crippen LogP contribution in [0.25, 0.3) is 0 Å². The molecule has 0 N–H and O–H groups in total. The summed E-state index contributed by atoms with van der Waals surface area (Å²) in [5.74, 6) is 0. The predicted molar refractivity (Wildman–Crippen MR) is 58.3 cm³/mol. The molecule has 1 unspecified atom stereocenters. The molecule has 0 saturated heterocycles. The molecular formula is C6H13Br2NO2S. The Labute approximate surface area is 90.8 Å². The van der Waals surface area contributed by atoms with Crippen LogP contribution in [-0.2, 0) is 10.0 Å². The van der Waals surface area contributed by atoms with Crippen molar-refractivity contribution in [2.75, 3.05) is 18.4 Å². The van der Waals surface area contributed by atoms with Crippen LogP contribution in [0.15, 0.2) is 0 Å². The smallest absolute Gasteiger partial charge is 0.211 e. The number of nitrogens with zero attached hydrogens (tertiary/aromatic N) is 1. The van der Waals surface area contributed by atoms with Gasteiger partial charge in [-0.15, -0.1) is 0 Å². The van der Waals surface area contributed by atoms with E-state index in [0.29, 0.717) is 18.4 Å². The van der Waals surface area contributed by atoms with Crippen molar-refractivity contribution in [1.29, 1.82) is 0 Å². The number of hydrogen-bond donors (Lipinski definition) is 0. The molecule has 0 bridgehead atoms. The van der Waals surface area contributed by atoms with Crippen molar-refractivity contribution in [2.45, 2.75) is 18.0 Å². The van der Waals surface area contributed by atoms with E-state index in [2.05, 4.69) is 31.9 Å². The highest BCUT2D eigenvalue weighted by molar-refractivity contribution is 9.13. The van der Waals surface area contributed by atoms with Crippen molar-refractivity contribution in [3.05, 3.63) is 0 Å². The minimum Gasteiger partial charge on any atom is -0.211 e. The lowest BCUT2D eigenvalue weighted by atomic mass is 10.7. The Kier molecular flexibility index (Phi) is 5.97. The van der Waals surface area contributed by atoms with Crippen LogP contribution in [0.2, 0.25) is 0 Å². The lowest BCUT2D eigenvalue weighted by Crippen LogP contribution is -2.36. The minimum atomic E-state index is -3.15. The third-order valence-electron chi connectivity index (χ3n) is 1.51. The summed E-state index contributed by atoms with van der Waals surface area (Å²) in [4.78, 5) is 0. The van der Waals surface area contributed by atoms with Crippen molar-refractivity contribution in [3.8, 4) is 0 Å². The van der Waals surface area contributed by atoms with Gasteiger partial charge in [-0.05, 0) is 0 Å². The summed E-state index contributed by atoms with van der Waals surface area (Å²) in [7, 11) is -3.15. The van der Waals surface area contributed by atoms with Gasteiger partial charge in [0.15, 0.2) is 0 Å². The highest BCUT2D eigenvalue weighted by Crippen LogP contribution is 2.16. The Morgan fingerprint density at radius 3 is 2.00 bits per heavy atom. The number of rotatable bonds is 5. The van der Waals surface area contributed by atoms with Gasteiger partial charge in [0.1, 0.15) is 4.16 Å². The minimum absolute atomic E-state index is 0.409. The summed E-state index contributed by atoms with van der Waals surface area (Å²) in [5, 5.41) is 0.409. The second-order valence-corrected chi connectivity index (χ2v) is 6.67. The van der Waals surface area contributed by atoms with Gasteiger partial charge in [0.05, 0.1) is 0 Å². The van der Waals surface area contributed by atoms with E-state index in [4.69, 9.17) is 0 Å². The summed E-state index contributed by atoms with van der Waals surface area (Å²) < 4.78 is 24.1. The van der Waals surface area contributed by atoms with E-state index >= 15 is 0 Å². The molecule has 0 aromatic heterocycles. The largest absolute Gasteiger partial charge is 0.227 e. The van der Waals surface area contributed by atoms with Crippen LogP contribution in [0.1, 0.15) is 13.8 Å². The quantitative estimate of drug-likeness (QED) is 0.723. The second kappa shape index (κ2) is 5.57. The van der Waals surface area contributed by atoms with Gasteiger partial charge in [-0.2, -0.15) is 0 Å². The summed E-state index contributed by atoms with van der Waals surface area (Å²) in [5.41, 5.74) is 0. The molecule has 0 aromatic carbocycles. The first-order valence-electron chi connectivity index (χ1n) is 3.69. The van der Waals surface area contributed by atoms with Crippen molar-refractivity contribution < 1.29 is 8.42 Å². The molecule has 0 spiro atoms. The lowest BCUT2D eigenvalue weighted by Gasteiger charge is -2.20. The first kappa shape index (κ1) is 12.9. The van der Waals surface area contributed by atoms with Gasteiger partial charge >= 0.3 is 0 Å². The normalized spacial score (nSPS) is 15.1. The molecule has 0 fully saturated rings. The van der Waals surface area contributed by atoms with Crippen LogP contribution in [-0.4, -0.2) is 35.3 Å². The van der Waals surface area contributed by atoms with Crippen molar-refractivity contribution >= 4 is 41.9 Å². The third kappa shape index (κ3) is 2.97. The Bertz CT molecular complexity index is 214. The molecule has 0 rings (SSSR count). The molecule has 0 amide bonds. The molecule has 0 aliphatic rings. The van der Waals surface area contributed by atoms with E-state index in [1.165, 1.54) is 4.31 Å². The SMILES string of the molecule is CCN(CC)S(=O)(=O)C(Br)CBr. The van der Waals surface area contributed by atoms with Gasteiger partial charge in [-0.1, -0.05) is 45.7 Å². The Morgan fingerprint density at radius 1 is 1.33 bits per heavy atom. The highest BCUT2D eigenvalue weighted by atomic mass is 79.9. The molecule has 0 radical (unpaired) electrons. The maximum Gasteiger partial charge on any atom is 0.227 e. The van der Waals surface area contributed by atoms with Crippen molar-refractivity contribution in [2.24, 2.45) is 0 Å². The van der Waals surface area contributed by atoms with Gasteiger partial charge in [0.25, 0.3) is 0 Å². The molecule has 1 atom stereocenters. The molecule has 6 heteroatoms. The van der Waals surface area contributed by atoms with Gasteiger partial charge in [-0.3, -0.25) is 0 Å². The molecular weight excluding hydrogens is 310 g/mol. The molecule has 3 nitrogen and oxygen atoms in total. The Morgan fingerprint density at radius 2 is 1.75 bits per heavy atom. The summed E-state index contributed by atoms with van der Waals surface area (Å²) >= 11 is 6.23. The van der Waals surface area contributed by atoms with Crippen LogP contribution in [0.4, 0.5) is 0 Å². The van der Waals surface area contributed by atoms with Crippen LogP contribution in [0, 0.1) is 0 Å². The van der Waals surface area contributed by atoms with E-state index in [1.807, 2.05) is 13.8 Å². The van der Waals surface area contributed by atoms with Gasteiger partial charge < -0.3 is 0 Å². The zero-order valence-electron chi connectivity index (χ0n) is 7.13. The zero-order chi connectivity index (χ0) is 9.78. The number of halogens is 2. The highest BCUT2D eigenvalue weighted by Gasteiger charge is 2.26. The average Bonchev–Trinajstić information content (AvgIpc) is 2.04. The molecule has 0 aliphatic carbocycles. The first-order chi connectivity index (χ1) is 5.50. The van der Waals surface area contributed by atoms with E-state index < -0.39 is 14.2 Å². The van der Waals surface area contributed by atoms with E-state index in [-0.39, 0.29) is 0 Å². The molecule has 0 aliphatic heterocycles. The van der Waals surface area contributed by atoms with Crippen LogP contribution in [0.5, 0.6) is 0 Å². The van der Waals surface area contributed by atoms with E-state index in [0.717, 1.165) is 0 Å². The van der Waals surface area contributed by atoms with Gasteiger partial charge in [0, 0.05) is 18.4 Å². The third-order valence-corrected chi connectivity index (χ3v) is 7.24. The van der Waals surface area contributed by atoms with E-state index in [1.54, 1.807) is 0 Å². The maximum atomic E-state index is 11.6. The summed E-state index contributed by atoms with van der Waals surface area (Å²) in [6.07, 6.45) is 0. The number of sulfonamides is 1. The van der Waals surface area contributed by atoms with Crippen LogP contribution >= 0.6 is 31.9 Å². The van der Waals surface area contributed by atoms with Gasteiger partial charge in [0.2, 0.25) is 10.0 Å². The van der Waals surface area contributed by atoms with Crippen LogP contribution in [0.3, 0.4) is 0 Å². The summed E-state index contributed by atoms with van der Waals surface area (Å²) in [6.45, 7) is 4.70. The summed E-state index contributed by atoms with van der Waals surface area (Å²) in [6, 6.07) is 0. The van der Waals surface area contributed by atoms with Gasteiger partial charge in [-0.25, -0.2) is 12.7 Å².